The minimum Gasteiger partial charge on any atom is -0.313 e. The van der Waals surface area contributed by atoms with Gasteiger partial charge in [-0.3, -0.25) is 0 Å². The van der Waals surface area contributed by atoms with Crippen LogP contribution in [0.25, 0.3) is 5.69 Å². The van der Waals surface area contributed by atoms with Gasteiger partial charge in [0.25, 0.3) is 0 Å². The van der Waals surface area contributed by atoms with E-state index >= 15 is 0 Å². The number of nitrogens with one attached hydrogen (secondary N) is 1. The van der Waals surface area contributed by atoms with Crippen LogP contribution in [0.1, 0.15) is 50.2 Å². The van der Waals surface area contributed by atoms with Crippen LogP contribution >= 0.6 is 0 Å². The maximum atomic E-state index is 4.69. The molecule has 1 aromatic heterocycles. The lowest BCUT2D eigenvalue weighted by atomic mass is 10.0. The second-order valence-corrected chi connectivity index (χ2v) is 5.09. The molecule has 1 N–H and O–H groups in total. The van der Waals surface area contributed by atoms with Crippen LogP contribution in [0.5, 0.6) is 0 Å². The maximum absolute atomic E-state index is 4.69. The van der Waals surface area contributed by atoms with E-state index in [-0.39, 0.29) is 0 Å². The van der Waals surface area contributed by atoms with Crippen LogP contribution in [0.4, 0.5) is 0 Å². The van der Waals surface area contributed by atoms with Crippen molar-refractivity contribution in [2.45, 2.75) is 46.1 Å². The average Bonchev–Trinajstić information content (AvgIpc) is 2.92. The van der Waals surface area contributed by atoms with E-state index in [0.717, 1.165) is 30.6 Å². The zero-order valence-electron chi connectivity index (χ0n) is 13.0. The van der Waals surface area contributed by atoms with Crippen LogP contribution in [0.2, 0.25) is 0 Å². The third-order valence-corrected chi connectivity index (χ3v) is 3.85. The van der Waals surface area contributed by atoms with Crippen molar-refractivity contribution in [2.24, 2.45) is 0 Å². The van der Waals surface area contributed by atoms with Crippen LogP contribution in [0.15, 0.2) is 30.3 Å². The molecule has 2 aromatic rings. The first-order valence-electron chi connectivity index (χ1n) is 7.58. The predicted molar refractivity (Wildman–Crippen MR) is 84.4 cm³/mol. The lowest BCUT2D eigenvalue weighted by molar-refractivity contribution is 0.576. The van der Waals surface area contributed by atoms with Gasteiger partial charge in [0.1, 0.15) is 0 Å². The van der Waals surface area contributed by atoms with E-state index in [1.807, 2.05) is 7.05 Å². The topological polar surface area (TPSA) is 29.9 Å². The zero-order valence-corrected chi connectivity index (χ0v) is 13.0. The summed E-state index contributed by atoms with van der Waals surface area (Å²) in [5, 5.41) is 8.03. The second-order valence-electron chi connectivity index (χ2n) is 5.09. The molecule has 1 aromatic carbocycles. The monoisotopic (exact) mass is 271 g/mol. The highest BCUT2D eigenvalue weighted by atomic mass is 15.3. The van der Waals surface area contributed by atoms with Gasteiger partial charge in [-0.2, -0.15) is 5.10 Å². The minimum absolute atomic E-state index is 0.429. The SMILES string of the molecule is CCc1cc(CC)n(-c2ccc(C(CC)NC)cc2)n1. The predicted octanol–water partition coefficient (Wildman–Crippen LogP) is 3.67. The lowest BCUT2D eigenvalue weighted by Gasteiger charge is -2.15. The fourth-order valence-corrected chi connectivity index (χ4v) is 2.58. The zero-order chi connectivity index (χ0) is 14.5. The molecule has 0 saturated heterocycles. The first-order chi connectivity index (χ1) is 9.73. The quantitative estimate of drug-likeness (QED) is 0.869. The van der Waals surface area contributed by atoms with Gasteiger partial charge in [-0.1, -0.05) is 32.9 Å². The van der Waals surface area contributed by atoms with Gasteiger partial charge in [0, 0.05) is 11.7 Å². The molecule has 1 atom stereocenters. The van der Waals surface area contributed by atoms with Gasteiger partial charge < -0.3 is 5.32 Å². The molecular formula is C17H25N3. The number of aryl methyl sites for hydroxylation is 2. The number of benzene rings is 1. The van der Waals surface area contributed by atoms with E-state index in [4.69, 9.17) is 0 Å². The van der Waals surface area contributed by atoms with Gasteiger partial charge >= 0.3 is 0 Å². The molecule has 0 saturated carbocycles. The van der Waals surface area contributed by atoms with E-state index in [1.165, 1.54) is 11.3 Å². The Hall–Kier alpha value is -1.61. The van der Waals surface area contributed by atoms with Crippen molar-refractivity contribution in [1.82, 2.24) is 15.1 Å². The van der Waals surface area contributed by atoms with Gasteiger partial charge in [-0.15, -0.1) is 0 Å². The molecule has 3 nitrogen and oxygen atoms in total. The molecule has 1 heterocycles. The third-order valence-electron chi connectivity index (χ3n) is 3.85. The Kier molecular flexibility index (Phi) is 4.96. The van der Waals surface area contributed by atoms with Crippen LogP contribution in [-0.2, 0) is 12.8 Å². The van der Waals surface area contributed by atoms with Crippen molar-refractivity contribution in [3.05, 3.63) is 47.3 Å². The van der Waals surface area contributed by atoms with E-state index < -0.39 is 0 Å². The molecule has 0 aliphatic rings. The molecule has 108 valence electrons. The first-order valence-corrected chi connectivity index (χ1v) is 7.58. The highest BCUT2D eigenvalue weighted by molar-refractivity contribution is 5.37. The van der Waals surface area contributed by atoms with Crippen LogP contribution in [0, 0.1) is 0 Å². The summed E-state index contributed by atoms with van der Waals surface area (Å²) in [6, 6.07) is 11.4. The largest absolute Gasteiger partial charge is 0.313 e. The van der Waals surface area contributed by atoms with Crippen molar-refractivity contribution in [1.29, 1.82) is 0 Å². The molecule has 0 amide bonds. The molecular weight excluding hydrogens is 246 g/mol. The first kappa shape index (κ1) is 14.8. The molecule has 0 aliphatic carbocycles. The van der Waals surface area contributed by atoms with E-state index in [0.29, 0.717) is 6.04 Å². The number of rotatable bonds is 6. The van der Waals surface area contributed by atoms with E-state index in [9.17, 15) is 0 Å². The molecule has 20 heavy (non-hydrogen) atoms. The van der Waals surface area contributed by atoms with Crippen molar-refractivity contribution in [3.8, 4) is 5.69 Å². The van der Waals surface area contributed by atoms with Crippen molar-refractivity contribution in [3.63, 3.8) is 0 Å². The van der Waals surface area contributed by atoms with Gasteiger partial charge in [0.2, 0.25) is 0 Å². The summed E-state index contributed by atoms with van der Waals surface area (Å²) in [6.07, 6.45) is 3.08. The standard InChI is InChI=1S/C17H25N3/c1-5-14-12-15(6-2)20(19-14)16-10-8-13(9-11-16)17(7-3)18-4/h8-12,17-18H,5-7H2,1-4H3. The van der Waals surface area contributed by atoms with Crippen molar-refractivity contribution in [2.75, 3.05) is 7.05 Å². The lowest BCUT2D eigenvalue weighted by Crippen LogP contribution is -2.15. The van der Waals surface area contributed by atoms with Crippen LogP contribution in [0.3, 0.4) is 0 Å². The Labute approximate surface area is 122 Å². The molecule has 0 radical (unpaired) electrons. The minimum atomic E-state index is 0.429. The van der Waals surface area contributed by atoms with Gasteiger partial charge in [-0.25, -0.2) is 4.68 Å². The Morgan fingerprint density at radius 2 is 1.80 bits per heavy atom. The summed E-state index contributed by atoms with van der Waals surface area (Å²) in [4.78, 5) is 0. The summed E-state index contributed by atoms with van der Waals surface area (Å²) in [5.74, 6) is 0. The van der Waals surface area contributed by atoms with Crippen LogP contribution < -0.4 is 5.32 Å². The molecule has 2 rings (SSSR count). The Morgan fingerprint density at radius 3 is 2.30 bits per heavy atom. The number of hydrogen-bond donors (Lipinski definition) is 1. The number of nitrogens with zero attached hydrogens (tertiary/aromatic N) is 2. The smallest absolute Gasteiger partial charge is 0.0649 e. The summed E-state index contributed by atoms with van der Waals surface area (Å²) >= 11 is 0. The second kappa shape index (κ2) is 6.71. The highest BCUT2D eigenvalue weighted by Crippen LogP contribution is 2.19. The van der Waals surface area contributed by atoms with E-state index in [2.05, 4.69) is 66.2 Å². The van der Waals surface area contributed by atoms with Crippen LogP contribution in [-0.4, -0.2) is 16.8 Å². The fraction of sp³-hybridized carbons (Fsp3) is 0.471. The average molecular weight is 271 g/mol. The van der Waals surface area contributed by atoms with Gasteiger partial charge in [0.05, 0.1) is 11.4 Å². The van der Waals surface area contributed by atoms with Crippen molar-refractivity contribution < 1.29 is 0 Å². The molecule has 0 aliphatic heterocycles. The van der Waals surface area contributed by atoms with Gasteiger partial charge in [-0.05, 0) is 50.1 Å². The molecule has 0 spiro atoms. The normalized spacial score (nSPS) is 12.6. The Balaban J connectivity index is 2.32. The summed E-state index contributed by atoms with van der Waals surface area (Å²) in [5.41, 5.74) is 4.92. The summed E-state index contributed by atoms with van der Waals surface area (Å²) in [6.45, 7) is 6.52. The van der Waals surface area contributed by atoms with Crippen molar-refractivity contribution >= 4 is 0 Å². The Bertz CT molecular complexity index is 536. The highest BCUT2D eigenvalue weighted by Gasteiger charge is 2.09. The maximum Gasteiger partial charge on any atom is 0.0649 e. The summed E-state index contributed by atoms with van der Waals surface area (Å²) in [7, 11) is 2.01. The Morgan fingerprint density at radius 1 is 1.10 bits per heavy atom. The summed E-state index contributed by atoms with van der Waals surface area (Å²) < 4.78 is 2.07. The molecule has 0 fully saturated rings. The fourth-order valence-electron chi connectivity index (χ4n) is 2.58. The molecule has 1 unspecified atom stereocenters. The molecule has 0 bridgehead atoms. The third kappa shape index (κ3) is 2.93. The van der Waals surface area contributed by atoms with E-state index in [1.54, 1.807) is 0 Å². The number of aromatic nitrogens is 2. The number of hydrogen-bond acceptors (Lipinski definition) is 2. The van der Waals surface area contributed by atoms with Gasteiger partial charge in [0.15, 0.2) is 0 Å². The molecule has 3 heteroatoms.